The zero-order chi connectivity index (χ0) is 13.8. The van der Waals surface area contributed by atoms with E-state index >= 15 is 0 Å². The fourth-order valence-electron chi connectivity index (χ4n) is 3.22. The van der Waals surface area contributed by atoms with Crippen LogP contribution in [0.1, 0.15) is 24.8 Å². The lowest BCUT2D eigenvalue weighted by atomic mass is 10.0. The van der Waals surface area contributed by atoms with Gasteiger partial charge in [0.1, 0.15) is 0 Å². The minimum Gasteiger partial charge on any atom is -0.327 e. The second kappa shape index (κ2) is 6.19. The van der Waals surface area contributed by atoms with Crippen molar-refractivity contribution in [2.75, 3.05) is 25.4 Å². The Kier molecular flexibility index (Phi) is 4.32. The smallest absolute Gasteiger partial charge is 0.224 e. The molecule has 1 spiro atoms. The fourth-order valence-corrected chi connectivity index (χ4v) is 4.72. The first-order chi connectivity index (χ1) is 9.80. The Balaban J connectivity index is 1.61. The van der Waals surface area contributed by atoms with Crippen molar-refractivity contribution in [3.8, 4) is 0 Å². The molecule has 0 saturated carbocycles. The summed E-state index contributed by atoms with van der Waals surface area (Å²) in [6, 6.07) is 10.3. The first kappa shape index (κ1) is 14.0. The summed E-state index contributed by atoms with van der Waals surface area (Å²) in [6.45, 7) is 3.00. The van der Waals surface area contributed by atoms with Crippen molar-refractivity contribution in [3.63, 3.8) is 0 Å². The van der Waals surface area contributed by atoms with E-state index in [1.165, 1.54) is 5.56 Å². The molecule has 0 atom stereocenters. The zero-order valence-electron chi connectivity index (χ0n) is 11.8. The van der Waals surface area contributed by atoms with Crippen molar-refractivity contribution >= 4 is 17.7 Å². The van der Waals surface area contributed by atoms with E-state index in [2.05, 4.69) is 22.3 Å². The molecule has 1 aromatic rings. The molecular weight excluding hydrogens is 268 g/mol. The van der Waals surface area contributed by atoms with Gasteiger partial charge in [-0.3, -0.25) is 4.79 Å². The molecule has 2 aliphatic rings. The van der Waals surface area contributed by atoms with E-state index in [-0.39, 0.29) is 4.87 Å². The standard InChI is InChI=1S/C16H22N2OS/c19-15(7-6-14-4-2-1-3-5-14)18-12-13-20-16(18)8-10-17-11-9-16/h1-5,17H,6-13H2. The molecular formula is C16H22N2OS. The van der Waals surface area contributed by atoms with Gasteiger partial charge in [0.05, 0.1) is 4.87 Å². The van der Waals surface area contributed by atoms with Crippen molar-refractivity contribution in [1.29, 1.82) is 0 Å². The lowest BCUT2D eigenvalue weighted by molar-refractivity contribution is -0.134. The highest BCUT2D eigenvalue weighted by Crippen LogP contribution is 2.42. The number of hydrogen-bond acceptors (Lipinski definition) is 3. The van der Waals surface area contributed by atoms with Gasteiger partial charge in [0, 0.05) is 18.7 Å². The van der Waals surface area contributed by atoms with Gasteiger partial charge >= 0.3 is 0 Å². The Hall–Kier alpha value is -1.00. The predicted octanol–water partition coefficient (Wildman–Crippen LogP) is 2.27. The highest BCUT2D eigenvalue weighted by molar-refractivity contribution is 8.00. The molecule has 3 rings (SSSR count). The van der Waals surface area contributed by atoms with E-state index < -0.39 is 0 Å². The summed E-state index contributed by atoms with van der Waals surface area (Å²) in [6.07, 6.45) is 3.68. The molecule has 2 heterocycles. The van der Waals surface area contributed by atoms with Crippen LogP contribution in [0, 0.1) is 0 Å². The Bertz CT molecular complexity index is 457. The molecule has 4 heteroatoms. The number of aryl methyl sites for hydroxylation is 1. The highest BCUT2D eigenvalue weighted by atomic mass is 32.2. The highest BCUT2D eigenvalue weighted by Gasteiger charge is 2.44. The number of carbonyl (C=O) groups excluding carboxylic acids is 1. The first-order valence-electron chi connectivity index (χ1n) is 7.49. The van der Waals surface area contributed by atoms with Gasteiger partial charge in [-0.25, -0.2) is 0 Å². The van der Waals surface area contributed by atoms with Crippen molar-refractivity contribution in [2.24, 2.45) is 0 Å². The Morgan fingerprint density at radius 2 is 2.00 bits per heavy atom. The molecule has 0 radical (unpaired) electrons. The molecule has 0 aromatic heterocycles. The quantitative estimate of drug-likeness (QED) is 0.927. The largest absolute Gasteiger partial charge is 0.327 e. The first-order valence-corrected chi connectivity index (χ1v) is 8.48. The maximum absolute atomic E-state index is 12.6. The maximum atomic E-state index is 12.6. The summed E-state index contributed by atoms with van der Waals surface area (Å²) in [5.41, 5.74) is 1.26. The maximum Gasteiger partial charge on any atom is 0.224 e. The molecule has 108 valence electrons. The van der Waals surface area contributed by atoms with Crippen LogP contribution >= 0.6 is 11.8 Å². The van der Waals surface area contributed by atoms with Crippen molar-refractivity contribution in [1.82, 2.24) is 10.2 Å². The van der Waals surface area contributed by atoms with E-state index in [0.29, 0.717) is 12.3 Å². The fraction of sp³-hybridized carbons (Fsp3) is 0.562. The van der Waals surface area contributed by atoms with E-state index in [4.69, 9.17) is 0 Å². The molecule has 2 fully saturated rings. The summed E-state index contributed by atoms with van der Waals surface area (Å²) in [5, 5.41) is 3.40. The lowest BCUT2D eigenvalue weighted by Gasteiger charge is -2.41. The lowest BCUT2D eigenvalue weighted by Crippen LogP contribution is -2.51. The number of benzene rings is 1. The van der Waals surface area contributed by atoms with Gasteiger partial charge in [-0.2, -0.15) is 0 Å². The van der Waals surface area contributed by atoms with Crippen LogP contribution in [0.15, 0.2) is 30.3 Å². The van der Waals surface area contributed by atoms with Crippen molar-refractivity contribution in [3.05, 3.63) is 35.9 Å². The third-order valence-corrected chi connectivity index (χ3v) is 5.89. The van der Waals surface area contributed by atoms with Crippen LogP contribution in [-0.4, -0.2) is 41.1 Å². The summed E-state index contributed by atoms with van der Waals surface area (Å²) in [7, 11) is 0. The average Bonchev–Trinajstić information content (AvgIpc) is 2.90. The van der Waals surface area contributed by atoms with Crippen molar-refractivity contribution in [2.45, 2.75) is 30.6 Å². The topological polar surface area (TPSA) is 32.3 Å². The Labute approximate surface area is 125 Å². The van der Waals surface area contributed by atoms with E-state index in [9.17, 15) is 4.79 Å². The molecule has 0 aliphatic carbocycles. The predicted molar refractivity (Wildman–Crippen MR) is 83.8 cm³/mol. The summed E-state index contributed by atoms with van der Waals surface area (Å²) in [4.78, 5) is 14.8. The zero-order valence-corrected chi connectivity index (χ0v) is 12.6. The van der Waals surface area contributed by atoms with Crippen LogP contribution in [0.2, 0.25) is 0 Å². The van der Waals surface area contributed by atoms with E-state index in [1.54, 1.807) is 0 Å². The minimum absolute atomic E-state index is 0.0963. The van der Waals surface area contributed by atoms with Crippen molar-refractivity contribution < 1.29 is 4.79 Å². The van der Waals surface area contributed by atoms with Gasteiger partial charge in [0.2, 0.25) is 5.91 Å². The third kappa shape index (κ3) is 2.86. The van der Waals surface area contributed by atoms with Crippen LogP contribution in [0.4, 0.5) is 0 Å². The monoisotopic (exact) mass is 290 g/mol. The number of amides is 1. The van der Waals surface area contributed by atoms with Crippen LogP contribution in [0.25, 0.3) is 0 Å². The molecule has 3 nitrogen and oxygen atoms in total. The van der Waals surface area contributed by atoms with Crippen LogP contribution < -0.4 is 5.32 Å². The third-order valence-electron chi connectivity index (χ3n) is 4.33. The van der Waals surface area contributed by atoms with Crippen LogP contribution in [-0.2, 0) is 11.2 Å². The minimum atomic E-state index is 0.0963. The summed E-state index contributed by atoms with van der Waals surface area (Å²) < 4.78 is 0. The second-order valence-corrected chi connectivity index (χ2v) is 7.03. The summed E-state index contributed by atoms with van der Waals surface area (Å²) in [5.74, 6) is 1.43. The van der Waals surface area contributed by atoms with Gasteiger partial charge in [0.25, 0.3) is 0 Å². The number of nitrogens with zero attached hydrogens (tertiary/aromatic N) is 1. The number of rotatable bonds is 3. The van der Waals surface area contributed by atoms with Gasteiger partial charge in [0.15, 0.2) is 0 Å². The molecule has 2 aliphatic heterocycles. The normalized spacial score (nSPS) is 21.3. The van der Waals surface area contributed by atoms with Gasteiger partial charge in [-0.1, -0.05) is 30.3 Å². The Morgan fingerprint density at radius 3 is 2.75 bits per heavy atom. The summed E-state index contributed by atoms with van der Waals surface area (Å²) >= 11 is 1.99. The van der Waals surface area contributed by atoms with Gasteiger partial charge in [-0.15, -0.1) is 11.8 Å². The molecule has 1 amide bonds. The molecule has 2 saturated heterocycles. The van der Waals surface area contributed by atoms with E-state index in [0.717, 1.165) is 44.6 Å². The van der Waals surface area contributed by atoms with E-state index in [1.807, 2.05) is 30.0 Å². The average molecular weight is 290 g/mol. The van der Waals surface area contributed by atoms with Crippen LogP contribution in [0.3, 0.4) is 0 Å². The Morgan fingerprint density at radius 1 is 1.25 bits per heavy atom. The van der Waals surface area contributed by atoms with Gasteiger partial charge in [-0.05, 0) is 37.9 Å². The SMILES string of the molecule is O=C(CCc1ccccc1)N1CCSC12CCNCC2. The molecule has 1 N–H and O–H groups in total. The molecule has 0 unspecified atom stereocenters. The molecule has 0 bridgehead atoms. The number of piperidine rings is 1. The molecule has 20 heavy (non-hydrogen) atoms. The van der Waals surface area contributed by atoms with Gasteiger partial charge < -0.3 is 10.2 Å². The number of carbonyl (C=O) groups is 1. The number of nitrogens with one attached hydrogen (secondary N) is 1. The molecule has 1 aromatic carbocycles. The second-order valence-electron chi connectivity index (χ2n) is 5.58. The number of thioether (sulfide) groups is 1. The number of hydrogen-bond donors (Lipinski definition) is 1. The van der Waals surface area contributed by atoms with Crippen LogP contribution in [0.5, 0.6) is 0 Å².